The third-order valence-corrected chi connectivity index (χ3v) is 2.56. The van der Waals surface area contributed by atoms with E-state index in [0.29, 0.717) is 19.0 Å². The lowest BCUT2D eigenvalue weighted by Crippen LogP contribution is -2.51. The number of hydrogen-bond acceptors (Lipinski definition) is 5. The van der Waals surface area contributed by atoms with Gasteiger partial charge in [-0.25, -0.2) is 9.97 Å². The Morgan fingerprint density at radius 2 is 2.24 bits per heavy atom. The van der Waals surface area contributed by atoms with E-state index in [0.717, 1.165) is 13.1 Å². The normalized spacial score (nSPS) is 23.5. The highest BCUT2D eigenvalue weighted by atomic mass is 16.5. The molecule has 2 heterocycles. The van der Waals surface area contributed by atoms with Crippen LogP contribution < -0.4 is 5.32 Å². The zero-order valence-electron chi connectivity index (χ0n) is 10.3. The van der Waals surface area contributed by atoms with E-state index in [4.69, 9.17) is 9.47 Å². The summed E-state index contributed by atoms with van der Waals surface area (Å²) < 4.78 is 11.4. The fourth-order valence-corrected chi connectivity index (χ4v) is 1.85. The summed E-state index contributed by atoms with van der Waals surface area (Å²) in [6.07, 6.45) is 3.53. The number of nitrogens with zero attached hydrogens (tertiary/aromatic N) is 2. The lowest BCUT2D eigenvalue weighted by atomic mass is 10.1. The van der Waals surface area contributed by atoms with Crippen molar-refractivity contribution in [3.8, 4) is 0 Å². The topological polar surface area (TPSA) is 56.3 Å². The molecule has 0 aromatic carbocycles. The summed E-state index contributed by atoms with van der Waals surface area (Å²) in [6.45, 7) is 6.86. The Balaban J connectivity index is 1.72. The second kappa shape index (κ2) is 5.53. The van der Waals surface area contributed by atoms with Crippen molar-refractivity contribution in [1.82, 2.24) is 15.3 Å². The maximum Gasteiger partial charge on any atom is 0.153 e. The number of aromatic nitrogens is 2. The molecule has 1 unspecified atom stereocenters. The van der Waals surface area contributed by atoms with Crippen molar-refractivity contribution in [2.24, 2.45) is 0 Å². The molecule has 1 aliphatic rings. The molecule has 2 rings (SSSR count). The van der Waals surface area contributed by atoms with E-state index >= 15 is 0 Å². The molecule has 1 aliphatic heterocycles. The van der Waals surface area contributed by atoms with Crippen LogP contribution in [-0.4, -0.2) is 41.4 Å². The highest BCUT2D eigenvalue weighted by Crippen LogP contribution is 2.15. The van der Waals surface area contributed by atoms with Crippen molar-refractivity contribution < 1.29 is 9.47 Å². The van der Waals surface area contributed by atoms with E-state index in [2.05, 4.69) is 29.1 Å². The van der Waals surface area contributed by atoms with Gasteiger partial charge in [-0.05, 0) is 19.9 Å². The van der Waals surface area contributed by atoms with Gasteiger partial charge in [-0.15, -0.1) is 0 Å². The van der Waals surface area contributed by atoms with E-state index in [1.54, 1.807) is 18.5 Å². The van der Waals surface area contributed by atoms with Gasteiger partial charge in [0, 0.05) is 25.5 Å². The van der Waals surface area contributed by atoms with Crippen LogP contribution in [0.2, 0.25) is 0 Å². The van der Waals surface area contributed by atoms with E-state index in [-0.39, 0.29) is 11.7 Å². The fraction of sp³-hybridized carbons (Fsp3) is 0.667. The third-order valence-electron chi connectivity index (χ3n) is 2.56. The molecule has 5 nitrogen and oxygen atoms in total. The Kier molecular flexibility index (Phi) is 4.04. The lowest BCUT2D eigenvalue weighted by Gasteiger charge is -2.36. The van der Waals surface area contributed by atoms with E-state index < -0.39 is 0 Å². The summed E-state index contributed by atoms with van der Waals surface area (Å²) >= 11 is 0. The molecule has 0 radical (unpaired) electrons. The number of nitrogens with one attached hydrogen (secondary N) is 1. The van der Waals surface area contributed by atoms with Gasteiger partial charge in [0.1, 0.15) is 6.61 Å². The quantitative estimate of drug-likeness (QED) is 0.838. The van der Waals surface area contributed by atoms with Gasteiger partial charge in [-0.1, -0.05) is 0 Å². The minimum absolute atomic E-state index is 0.0995. The molecule has 0 bridgehead atoms. The van der Waals surface area contributed by atoms with Crippen molar-refractivity contribution in [2.45, 2.75) is 32.2 Å². The number of rotatable bonds is 4. The summed E-state index contributed by atoms with van der Waals surface area (Å²) in [5.41, 5.74) is -0.116. The van der Waals surface area contributed by atoms with Crippen LogP contribution in [0, 0.1) is 0 Å². The number of hydrogen-bond donors (Lipinski definition) is 1. The van der Waals surface area contributed by atoms with Gasteiger partial charge in [0.2, 0.25) is 0 Å². The Morgan fingerprint density at radius 3 is 2.94 bits per heavy atom. The van der Waals surface area contributed by atoms with Gasteiger partial charge in [0.15, 0.2) is 5.82 Å². The maximum atomic E-state index is 5.88. The lowest BCUT2D eigenvalue weighted by molar-refractivity contribution is -0.122. The molecular formula is C12H19N3O2. The predicted molar refractivity (Wildman–Crippen MR) is 63.5 cm³/mol. The van der Waals surface area contributed by atoms with Crippen LogP contribution in [0.15, 0.2) is 18.5 Å². The van der Waals surface area contributed by atoms with E-state index in [9.17, 15) is 0 Å². The van der Waals surface area contributed by atoms with Crippen LogP contribution in [-0.2, 0) is 16.1 Å². The second-order valence-electron chi connectivity index (χ2n) is 4.81. The van der Waals surface area contributed by atoms with Crippen molar-refractivity contribution in [1.29, 1.82) is 0 Å². The van der Waals surface area contributed by atoms with Crippen molar-refractivity contribution >= 4 is 0 Å². The van der Waals surface area contributed by atoms with Gasteiger partial charge in [0.25, 0.3) is 0 Å². The van der Waals surface area contributed by atoms with Crippen LogP contribution in [0.3, 0.4) is 0 Å². The molecule has 0 spiro atoms. The number of ether oxygens (including phenoxy) is 2. The first kappa shape index (κ1) is 12.4. The third kappa shape index (κ3) is 4.03. The second-order valence-corrected chi connectivity index (χ2v) is 4.81. The summed E-state index contributed by atoms with van der Waals surface area (Å²) in [5.74, 6) is 0.704. The zero-order valence-corrected chi connectivity index (χ0v) is 10.3. The summed E-state index contributed by atoms with van der Waals surface area (Å²) in [5, 5.41) is 3.34. The molecule has 0 aliphatic carbocycles. The smallest absolute Gasteiger partial charge is 0.153 e. The van der Waals surface area contributed by atoms with Gasteiger partial charge in [-0.3, -0.25) is 0 Å². The molecule has 5 heteroatoms. The molecule has 1 N–H and O–H groups in total. The molecular weight excluding hydrogens is 218 g/mol. The first-order valence-electron chi connectivity index (χ1n) is 5.88. The van der Waals surface area contributed by atoms with E-state index in [1.165, 1.54) is 0 Å². The van der Waals surface area contributed by atoms with Crippen molar-refractivity contribution in [3.05, 3.63) is 24.3 Å². The maximum absolute atomic E-state index is 5.88. The van der Waals surface area contributed by atoms with Crippen LogP contribution in [0.1, 0.15) is 19.7 Å². The predicted octanol–water partition coefficient (Wildman–Crippen LogP) is 0.760. The first-order valence-corrected chi connectivity index (χ1v) is 5.88. The van der Waals surface area contributed by atoms with Crippen LogP contribution in [0.25, 0.3) is 0 Å². The highest BCUT2D eigenvalue weighted by molar-refractivity contribution is 4.86. The molecule has 94 valence electrons. The average Bonchev–Trinajstić information content (AvgIpc) is 2.29. The molecule has 1 aromatic rings. The van der Waals surface area contributed by atoms with Gasteiger partial charge in [0.05, 0.1) is 18.3 Å². The van der Waals surface area contributed by atoms with Gasteiger partial charge in [-0.2, -0.15) is 0 Å². The molecule has 0 amide bonds. The molecule has 17 heavy (non-hydrogen) atoms. The average molecular weight is 237 g/mol. The van der Waals surface area contributed by atoms with Crippen LogP contribution in [0.4, 0.5) is 0 Å². The largest absolute Gasteiger partial charge is 0.371 e. The van der Waals surface area contributed by atoms with Gasteiger partial charge < -0.3 is 14.8 Å². The summed E-state index contributed by atoms with van der Waals surface area (Å²) in [4.78, 5) is 8.19. The molecule has 1 saturated heterocycles. The van der Waals surface area contributed by atoms with Crippen molar-refractivity contribution in [3.63, 3.8) is 0 Å². The highest BCUT2D eigenvalue weighted by Gasteiger charge is 2.28. The van der Waals surface area contributed by atoms with Crippen LogP contribution >= 0.6 is 0 Å². The minimum Gasteiger partial charge on any atom is -0.371 e. The van der Waals surface area contributed by atoms with Crippen molar-refractivity contribution in [2.75, 3.05) is 19.7 Å². The minimum atomic E-state index is -0.116. The molecule has 0 saturated carbocycles. The van der Waals surface area contributed by atoms with E-state index in [1.807, 2.05) is 0 Å². The summed E-state index contributed by atoms with van der Waals surface area (Å²) in [7, 11) is 0. The van der Waals surface area contributed by atoms with Gasteiger partial charge >= 0.3 is 0 Å². The number of morpholine rings is 1. The molecule has 1 atom stereocenters. The SMILES string of the molecule is CC1(C)CNCC(COCc2ncccn2)O1. The Bertz CT molecular complexity index is 343. The van der Waals surface area contributed by atoms with Crippen LogP contribution in [0.5, 0.6) is 0 Å². The first-order chi connectivity index (χ1) is 8.16. The monoisotopic (exact) mass is 237 g/mol. The standard InChI is InChI=1S/C12H19N3O2/c1-12(2)9-13-6-10(17-12)7-16-8-11-14-4-3-5-15-11/h3-5,10,13H,6-9H2,1-2H3. The fourth-order valence-electron chi connectivity index (χ4n) is 1.85. The summed E-state index contributed by atoms with van der Waals surface area (Å²) in [6, 6.07) is 1.79. The Morgan fingerprint density at radius 1 is 1.47 bits per heavy atom. The Hall–Kier alpha value is -1.04. The molecule has 1 aromatic heterocycles. The zero-order chi connectivity index (χ0) is 12.1. The molecule has 1 fully saturated rings. The Labute approximate surface area is 102 Å².